The van der Waals surface area contributed by atoms with Crippen LogP contribution in [0.2, 0.25) is 0 Å². The number of methoxy groups -OCH3 is 1. The van der Waals surface area contributed by atoms with Gasteiger partial charge in [-0.15, -0.1) is 0 Å². The number of rotatable bonds is 8. The van der Waals surface area contributed by atoms with Gasteiger partial charge in [-0.05, 0) is 37.6 Å². The molecule has 0 fully saturated rings. The van der Waals surface area contributed by atoms with E-state index in [0.717, 1.165) is 11.3 Å². The van der Waals surface area contributed by atoms with Crippen molar-refractivity contribution in [3.05, 3.63) is 56.5 Å². The fourth-order valence-corrected chi connectivity index (χ4v) is 2.95. The lowest BCUT2D eigenvalue weighted by molar-refractivity contribution is 0.146. The van der Waals surface area contributed by atoms with E-state index in [9.17, 15) is 9.59 Å². The second-order valence-corrected chi connectivity index (χ2v) is 6.14. The lowest BCUT2D eigenvalue weighted by Gasteiger charge is -2.06. The lowest BCUT2D eigenvalue weighted by atomic mass is 10.2. The van der Waals surface area contributed by atoms with Gasteiger partial charge in [-0.25, -0.2) is 9.78 Å². The van der Waals surface area contributed by atoms with Gasteiger partial charge in [0, 0.05) is 20.2 Å². The Labute approximate surface area is 162 Å². The van der Waals surface area contributed by atoms with Crippen LogP contribution in [0.25, 0.3) is 23.3 Å². The summed E-state index contributed by atoms with van der Waals surface area (Å²) in [5.74, 6) is 1.25. The minimum absolute atomic E-state index is 0.313. The molecule has 3 aromatic rings. The first-order chi connectivity index (χ1) is 13.6. The highest BCUT2D eigenvalue weighted by Gasteiger charge is 2.14. The molecule has 148 valence electrons. The van der Waals surface area contributed by atoms with Crippen molar-refractivity contribution in [3.8, 4) is 5.75 Å². The van der Waals surface area contributed by atoms with E-state index in [0.29, 0.717) is 43.3 Å². The third-order valence-electron chi connectivity index (χ3n) is 4.36. The maximum Gasteiger partial charge on any atom is 0.332 e. The monoisotopic (exact) mass is 384 g/mol. The van der Waals surface area contributed by atoms with Crippen molar-refractivity contribution in [2.45, 2.75) is 26.9 Å². The summed E-state index contributed by atoms with van der Waals surface area (Å²) in [6.07, 6.45) is 3.64. The average molecular weight is 384 g/mol. The third kappa shape index (κ3) is 3.91. The van der Waals surface area contributed by atoms with Crippen LogP contribution in [0.5, 0.6) is 5.75 Å². The standard InChI is InChI=1S/C20H24N4O4/c1-4-23-18-17(19(25)24(5-2)20(23)26)21-16(22-18)10-9-14-7-6-8-15(13-14)28-12-11-27-3/h6-10,13H,4-5,11-12H2,1-3H3,(H,21,22). The highest BCUT2D eigenvalue weighted by Crippen LogP contribution is 2.16. The number of fused-ring (bicyclic) bond motifs is 1. The Balaban J connectivity index is 1.93. The van der Waals surface area contributed by atoms with Crippen molar-refractivity contribution >= 4 is 23.3 Å². The van der Waals surface area contributed by atoms with E-state index in [1.807, 2.05) is 37.3 Å². The second-order valence-electron chi connectivity index (χ2n) is 6.14. The molecular weight excluding hydrogens is 360 g/mol. The summed E-state index contributed by atoms with van der Waals surface area (Å²) < 4.78 is 13.3. The summed E-state index contributed by atoms with van der Waals surface area (Å²) in [7, 11) is 1.63. The van der Waals surface area contributed by atoms with Crippen molar-refractivity contribution in [2.75, 3.05) is 20.3 Å². The fourth-order valence-electron chi connectivity index (χ4n) is 2.95. The first-order valence-electron chi connectivity index (χ1n) is 9.22. The number of benzene rings is 1. The van der Waals surface area contributed by atoms with Crippen molar-refractivity contribution in [3.63, 3.8) is 0 Å². The number of nitrogens with zero attached hydrogens (tertiary/aromatic N) is 3. The zero-order valence-electron chi connectivity index (χ0n) is 16.3. The van der Waals surface area contributed by atoms with Crippen LogP contribution in [0.4, 0.5) is 0 Å². The minimum atomic E-state index is -0.354. The van der Waals surface area contributed by atoms with Gasteiger partial charge in [0.15, 0.2) is 5.65 Å². The molecule has 28 heavy (non-hydrogen) atoms. The normalized spacial score (nSPS) is 11.5. The van der Waals surface area contributed by atoms with E-state index in [1.54, 1.807) is 20.1 Å². The van der Waals surface area contributed by atoms with E-state index in [-0.39, 0.29) is 11.2 Å². The Hall–Kier alpha value is -3.13. The molecule has 2 heterocycles. The summed E-state index contributed by atoms with van der Waals surface area (Å²) in [6.45, 7) is 5.37. The van der Waals surface area contributed by atoms with Gasteiger partial charge < -0.3 is 14.5 Å². The topological polar surface area (TPSA) is 91.1 Å². The Bertz CT molecular complexity index is 1110. The van der Waals surface area contributed by atoms with Crippen LogP contribution in [0.15, 0.2) is 33.9 Å². The molecule has 1 N–H and O–H groups in total. The van der Waals surface area contributed by atoms with Gasteiger partial charge in [-0.3, -0.25) is 13.9 Å². The molecule has 0 amide bonds. The summed E-state index contributed by atoms with van der Waals surface area (Å²) in [5, 5.41) is 0. The van der Waals surface area contributed by atoms with E-state index in [2.05, 4.69) is 9.97 Å². The number of hydrogen-bond donors (Lipinski definition) is 1. The number of hydrogen-bond acceptors (Lipinski definition) is 5. The molecule has 0 unspecified atom stereocenters. The molecule has 0 atom stereocenters. The smallest absolute Gasteiger partial charge is 0.332 e. The van der Waals surface area contributed by atoms with Gasteiger partial charge in [0.05, 0.1) is 6.61 Å². The number of ether oxygens (including phenoxy) is 2. The predicted octanol–water partition coefficient (Wildman–Crippen LogP) is 2.12. The molecule has 8 nitrogen and oxygen atoms in total. The molecular formula is C20H24N4O4. The van der Waals surface area contributed by atoms with Gasteiger partial charge in [0.2, 0.25) is 0 Å². The molecule has 0 aliphatic rings. The quantitative estimate of drug-likeness (QED) is 0.601. The minimum Gasteiger partial charge on any atom is -0.491 e. The zero-order chi connectivity index (χ0) is 20.1. The number of aryl methyl sites for hydroxylation is 1. The molecule has 0 bridgehead atoms. The predicted molar refractivity (Wildman–Crippen MR) is 109 cm³/mol. The number of aromatic nitrogens is 4. The van der Waals surface area contributed by atoms with E-state index < -0.39 is 0 Å². The fraction of sp³-hybridized carbons (Fsp3) is 0.350. The summed E-state index contributed by atoms with van der Waals surface area (Å²) in [4.78, 5) is 32.4. The molecule has 3 rings (SSSR count). The molecule has 0 saturated carbocycles. The van der Waals surface area contributed by atoms with Crippen LogP contribution in [-0.2, 0) is 17.8 Å². The SMILES string of the molecule is CCn1c(=O)c2[nH]c(C=Cc3cccc(OCCOC)c3)nc2n(CC)c1=O. The number of imidazole rings is 1. The number of aromatic amines is 1. The first kappa shape index (κ1) is 19.6. The third-order valence-corrected chi connectivity index (χ3v) is 4.36. The molecule has 1 aromatic carbocycles. The Morgan fingerprint density at radius 2 is 1.89 bits per heavy atom. The molecule has 0 aliphatic heterocycles. The van der Waals surface area contributed by atoms with Gasteiger partial charge in [0.1, 0.15) is 23.7 Å². The summed E-state index contributed by atoms with van der Waals surface area (Å²) >= 11 is 0. The molecule has 0 spiro atoms. The van der Waals surface area contributed by atoms with E-state index in [4.69, 9.17) is 9.47 Å². The number of nitrogens with one attached hydrogen (secondary N) is 1. The maximum atomic E-state index is 12.5. The Kier molecular flexibility index (Phi) is 6.10. The molecule has 8 heteroatoms. The van der Waals surface area contributed by atoms with Crippen molar-refractivity contribution < 1.29 is 9.47 Å². The average Bonchev–Trinajstić information content (AvgIpc) is 3.12. The Morgan fingerprint density at radius 1 is 1.11 bits per heavy atom. The lowest BCUT2D eigenvalue weighted by Crippen LogP contribution is -2.39. The summed E-state index contributed by atoms with van der Waals surface area (Å²) in [5.41, 5.74) is 0.936. The highest BCUT2D eigenvalue weighted by atomic mass is 16.5. The molecule has 0 radical (unpaired) electrons. The first-order valence-corrected chi connectivity index (χ1v) is 9.22. The highest BCUT2D eigenvalue weighted by molar-refractivity contribution is 5.75. The maximum absolute atomic E-state index is 12.5. The van der Waals surface area contributed by atoms with Crippen LogP contribution in [0, 0.1) is 0 Å². The van der Waals surface area contributed by atoms with Crippen LogP contribution in [0.1, 0.15) is 25.2 Å². The summed E-state index contributed by atoms with van der Waals surface area (Å²) in [6, 6.07) is 7.62. The largest absolute Gasteiger partial charge is 0.491 e. The molecule has 0 saturated heterocycles. The molecule has 2 aromatic heterocycles. The number of H-pyrrole nitrogens is 1. The second kappa shape index (κ2) is 8.71. The van der Waals surface area contributed by atoms with E-state index in [1.165, 1.54) is 9.13 Å². The van der Waals surface area contributed by atoms with Gasteiger partial charge in [0.25, 0.3) is 5.56 Å². The zero-order valence-corrected chi connectivity index (χ0v) is 16.3. The van der Waals surface area contributed by atoms with Crippen molar-refractivity contribution in [1.82, 2.24) is 19.1 Å². The van der Waals surface area contributed by atoms with Crippen molar-refractivity contribution in [1.29, 1.82) is 0 Å². The van der Waals surface area contributed by atoms with Crippen LogP contribution in [0.3, 0.4) is 0 Å². The van der Waals surface area contributed by atoms with Gasteiger partial charge in [-0.1, -0.05) is 18.2 Å². The van der Waals surface area contributed by atoms with Crippen LogP contribution >= 0.6 is 0 Å². The van der Waals surface area contributed by atoms with Crippen LogP contribution in [-0.4, -0.2) is 39.4 Å². The van der Waals surface area contributed by atoms with Gasteiger partial charge >= 0.3 is 5.69 Å². The van der Waals surface area contributed by atoms with Crippen LogP contribution < -0.4 is 16.0 Å². The van der Waals surface area contributed by atoms with E-state index >= 15 is 0 Å². The Morgan fingerprint density at radius 3 is 2.61 bits per heavy atom. The van der Waals surface area contributed by atoms with Gasteiger partial charge in [-0.2, -0.15) is 0 Å². The molecule has 0 aliphatic carbocycles. The van der Waals surface area contributed by atoms with Crippen molar-refractivity contribution in [2.24, 2.45) is 0 Å².